The second-order valence-corrected chi connectivity index (χ2v) is 6.82. The van der Waals surface area contributed by atoms with Crippen LogP contribution in [0.25, 0.3) is 22.0 Å². The van der Waals surface area contributed by atoms with Gasteiger partial charge < -0.3 is 10.1 Å². The first-order chi connectivity index (χ1) is 13.9. The summed E-state index contributed by atoms with van der Waals surface area (Å²) in [6.45, 7) is 1.60. The maximum Gasteiger partial charge on any atom is 0.303 e. The van der Waals surface area contributed by atoms with Crippen molar-refractivity contribution in [1.29, 1.82) is 0 Å². The zero-order chi connectivity index (χ0) is 21.0. The number of aromatic nitrogens is 1. The third kappa shape index (κ3) is 4.70. The molecular formula is C21H18ClN3O4. The van der Waals surface area contributed by atoms with E-state index >= 15 is 0 Å². The quantitative estimate of drug-likeness (QED) is 0.425. The van der Waals surface area contributed by atoms with Crippen molar-refractivity contribution >= 4 is 40.1 Å². The fourth-order valence-electron chi connectivity index (χ4n) is 2.99. The molecule has 148 valence electrons. The first kappa shape index (κ1) is 20.3. The number of rotatable bonds is 6. The lowest BCUT2D eigenvalue weighted by Crippen LogP contribution is -2.24. The number of carboxylic acid groups (broad SMARTS) is 1. The number of amides is 1. The van der Waals surface area contributed by atoms with Gasteiger partial charge in [-0.1, -0.05) is 41.9 Å². The predicted molar refractivity (Wildman–Crippen MR) is 112 cm³/mol. The third-order valence-corrected chi connectivity index (χ3v) is 4.55. The molecule has 0 bridgehead atoms. The molecule has 0 unspecified atom stereocenters. The minimum Gasteiger partial charge on any atom is -0.481 e. The number of hydrogen-bond donors (Lipinski definition) is 3. The predicted octanol–water partition coefficient (Wildman–Crippen LogP) is 3.55. The van der Waals surface area contributed by atoms with Crippen LogP contribution < -0.4 is 11.0 Å². The summed E-state index contributed by atoms with van der Waals surface area (Å²) in [6, 6.07) is 14.5. The summed E-state index contributed by atoms with van der Waals surface area (Å²) < 4.78 is 0. The van der Waals surface area contributed by atoms with Gasteiger partial charge in [-0.2, -0.15) is 5.10 Å². The van der Waals surface area contributed by atoms with Gasteiger partial charge in [0.25, 0.3) is 5.56 Å². The zero-order valence-corrected chi connectivity index (χ0v) is 16.3. The molecule has 0 spiro atoms. The van der Waals surface area contributed by atoms with Gasteiger partial charge >= 0.3 is 5.97 Å². The fourth-order valence-corrected chi connectivity index (χ4v) is 3.17. The number of hydrazone groups is 1. The van der Waals surface area contributed by atoms with Crippen LogP contribution in [0.5, 0.6) is 0 Å². The monoisotopic (exact) mass is 411 g/mol. The lowest BCUT2D eigenvalue weighted by Gasteiger charge is -2.13. The Labute approximate surface area is 171 Å². The third-order valence-electron chi connectivity index (χ3n) is 4.31. The normalized spacial score (nSPS) is 11.4. The molecule has 3 rings (SSSR count). The molecule has 8 heteroatoms. The van der Waals surface area contributed by atoms with E-state index in [2.05, 4.69) is 15.5 Å². The maximum atomic E-state index is 12.9. The molecule has 3 N–H and O–H groups in total. The van der Waals surface area contributed by atoms with Crippen molar-refractivity contribution in [2.24, 2.45) is 5.10 Å². The van der Waals surface area contributed by atoms with Crippen LogP contribution in [0.15, 0.2) is 58.4 Å². The van der Waals surface area contributed by atoms with E-state index in [1.165, 1.54) is 0 Å². The number of hydrogen-bond acceptors (Lipinski definition) is 4. The number of aliphatic carboxylic acids is 1. The average Bonchev–Trinajstić information content (AvgIpc) is 2.70. The van der Waals surface area contributed by atoms with Crippen LogP contribution in [0.4, 0.5) is 0 Å². The summed E-state index contributed by atoms with van der Waals surface area (Å²) >= 11 is 6.19. The molecule has 0 fully saturated rings. The molecule has 0 saturated heterocycles. The minimum atomic E-state index is -1.07. The van der Waals surface area contributed by atoms with E-state index in [-0.39, 0.29) is 24.1 Å². The van der Waals surface area contributed by atoms with Gasteiger partial charge in [0.05, 0.1) is 17.7 Å². The number of pyridine rings is 1. The number of H-pyrrole nitrogens is 1. The van der Waals surface area contributed by atoms with E-state index in [4.69, 9.17) is 16.7 Å². The van der Waals surface area contributed by atoms with Crippen LogP contribution in [0.3, 0.4) is 0 Å². The second kappa shape index (κ2) is 8.70. The standard InChI is InChI=1S/C21H18ClN3O4/c1-12(24-25-17(26)9-10-18(27)28)19-20(13-5-3-2-4-6-13)15-11-14(22)7-8-16(15)23-21(19)29/h2-8,11H,9-10H2,1H3,(H,23,29)(H,25,26)(H,27,28)/b24-12-. The van der Waals surface area contributed by atoms with E-state index in [0.717, 1.165) is 10.9 Å². The smallest absolute Gasteiger partial charge is 0.303 e. The van der Waals surface area contributed by atoms with Crippen molar-refractivity contribution in [1.82, 2.24) is 10.4 Å². The lowest BCUT2D eigenvalue weighted by atomic mass is 9.94. The molecule has 7 nitrogen and oxygen atoms in total. The molecule has 0 aliphatic rings. The number of halogens is 1. The van der Waals surface area contributed by atoms with Crippen LogP contribution in [0, 0.1) is 0 Å². The molecule has 0 saturated carbocycles. The van der Waals surface area contributed by atoms with E-state index in [9.17, 15) is 14.4 Å². The summed E-state index contributed by atoms with van der Waals surface area (Å²) in [4.78, 5) is 38.1. The Morgan fingerprint density at radius 3 is 2.55 bits per heavy atom. The Kier molecular flexibility index (Phi) is 6.09. The van der Waals surface area contributed by atoms with Gasteiger partial charge in [-0.05, 0) is 30.7 Å². The van der Waals surface area contributed by atoms with Crippen molar-refractivity contribution in [3.05, 3.63) is 69.5 Å². The molecular weight excluding hydrogens is 394 g/mol. The molecule has 0 radical (unpaired) electrons. The number of nitrogens with one attached hydrogen (secondary N) is 2. The van der Waals surface area contributed by atoms with Gasteiger partial charge in [-0.3, -0.25) is 14.4 Å². The van der Waals surface area contributed by atoms with Gasteiger partial charge in [-0.15, -0.1) is 0 Å². The Hall–Kier alpha value is -3.45. The van der Waals surface area contributed by atoms with Crippen molar-refractivity contribution in [2.45, 2.75) is 19.8 Å². The number of carboxylic acids is 1. The number of aromatic amines is 1. The summed E-state index contributed by atoms with van der Waals surface area (Å²) in [5.74, 6) is -1.62. The molecule has 0 aliphatic carbocycles. The van der Waals surface area contributed by atoms with Crippen molar-refractivity contribution in [3.63, 3.8) is 0 Å². The number of nitrogens with zero attached hydrogens (tertiary/aromatic N) is 1. The summed E-state index contributed by atoms with van der Waals surface area (Å²) in [7, 11) is 0. The van der Waals surface area contributed by atoms with Crippen molar-refractivity contribution < 1.29 is 14.7 Å². The molecule has 1 heterocycles. The molecule has 1 aromatic heterocycles. The largest absolute Gasteiger partial charge is 0.481 e. The highest BCUT2D eigenvalue weighted by Gasteiger charge is 2.17. The Balaban J connectivity index is 2.13. The zero-order valence-electron chi connectivity index (χ0n) is 15.5. The summed E-state index contributed by atoms with van der Waals surface area (Å²) in [5, 5.41) is 13.9. The van der Waals surface area contributed by atoms with E-state index in [1.54, 1.807) is 25.1 Å². The van der Waals surface area contributed by atoms with Crippen LogP contribution in [-0.4, -0.2) is 27.7 Å². The Morgan fingerprint density at radius 1 is 1.14 bits per heavy atom. The fraction of sp³-hybridized carbons (Fsp3) is 0.143. The molecule has 1 amide bonds. The number of carbonyl (C=O) groups excluding carboxylic acids is 1. The van der Waals surface area contributed by atoms with Gasteiger partial charge in [-0.25, -0.2) is 5.43 Å². The number of benzene rings is 2. The molecule has 29 heavy (non-hydrogen) atoms. The van der Waals surface area contributed by atoms with E-state index < -0.39 is 11.9 Å². The van der Waals surface area contributed by atoms with Crippen LogP contribution in [-0.2, 0) is 9.59 Å². The van der Waals surface area contributed by atoms with Gasteiger partial charge in [0.1, 0.15) is 0 Å². The molecule has 0 aliphatic heterocycles. The van der Waals surface area contributed by atoms with Gasteiger partial charge in [0, 0.05) is 27.9 Å². The molecule has 3 aromatic rings. The minimum absolute atomic E-state index is 0.207. The van der Waals surface area contributed by atoms with E-state index in [0.29, 0.717) is 21.7 Å². The first-order valence-corrected chi connectivity index (χ1v) is 9.21. The van der Waals surface area contributed by atoms with Gasteiger partial charge in [0.2, 0.25) is 5.91 Å². The SMILES string of the molecule is C/C(=N/NC(=O)CCC(=O)O)c1c(-c2ccccc2)c2cc(Cl)ccc2[nH]c1=O. The molecule has 0 atom stereocenters. The average molecular weight is 412 g/mol. The highest BCUT2D eigenvalue weighted by atomic mass is 35.5. The van der Waals surface area contributed by atoms with E-state index in [1.807, 2.05) is 30.3 Å². The summed E-state index contributed by atoms with van der Waals surface area (Å²) in [5.41, 5.74) is 4.60. The van der Waals surface area contributed by atoms with Crippen molar-refractivity contribution in [3.8, 4) is 11.1 Å². The topological polar surface area (TPSA) is 112 Å². The van der Waals surface area contributed by atoms with Gasteiger partial charge in [0.15, 0.2) is 0 Å². The molecule has 2 aromatic carbocycles. The Morgan fingerprint density at radius 2 is 1.86 bits per heavy atom. The Bertz CT molecular complexity index is 1170. The van der Waals surface area contributed by atoms with Crippen LogP contribution >= 0.6 is 11.6 Å². The number of fused-ring (bicyclic) bond motifs is 1. The van der Waals surface area contributed by atoms with Crippen molar-refractivity contribution in [2.75, 3.05) is 0 Å². The highest BCUT2D eigenvalue weighted by molar-refractivity contribution is 6.31. The summed E-state index contributed by atoms with van der Waals surface area (Å²) in [6.07, 6.45) is -0.508. The van der Waals surface area contributed by atoms with Crippen LogP contribution in [0.2, 0.25) is 5.02 Å². The second-order valence-electron chi connectivity index (χ2n) is 6.39. The first-order valence-electron chi connectivity index (χ1n) is 8.83. The van der Waals surface area contributed by atoms with Crippen LogP contribution in [0.1, 0.15) is 25.3 Å². The lowest BCUT2D eigenvalue weighted by molar-refractivity contribution is -0.138. The highest BCUT2D eigenvalue weighted by Crippen LogP contribution is 2.31. The number of carbonyl (C=O) groups is 2. The maximum absolute atomic E-state index is 12.9.